The van der Waals surface area contributed by atoms with Gasteiger partial charge in [0.2, 0.25) is 5.13 Å². The molecule has 0 spiro atoms. The van der Waals surface area contributed by atoms with Gasteiger partial charge in [-0.3, -0.25) is 0 Å². The Kier molecular flexibility index (Phi) is 7.30. The first kappa shape index (κ1) is 20.9. The van der Waals surface area contributed by atoms with E-state index >= 15 is 0 Å². The van der Waals surface area contributed by atoms with Gasteiger partial charge >= 0.3 is 12.0 Å². The summed E-state index contributed by atoms with van der Waals surface area (Å²) in [4.78, 5) is 23.7. The molecule has 0 saturated heterocycles. The van der Waals surface area contributed by atoms with Crippen molar-refractivity contribution in [1.82, 2.24) is 20.8 Å². The topological polar surface area (TPSA) is 114 Å². The van der Waals surface area contributed by atoms with Gasteiger partial charge in [0.05, 0.1) is 31.0 Å². The van der Waals surface area contributed by atoms with Crippen molar-refractivity contribution in [3.8, 4) is 5.75 Å². The summed E-state index contributed by atoms with van der Waals surface area (Å²) in [5, 5.41) is 17.4. The van der Waals surface area contributed by atoms with E-state index in [1.807, 2.05) is 31.2 Å². The van der Waals surface area contributed by atoms with Crippen LogP contribution in [0.15, 0.2) is 39.9 Å². The second kappa shape index (κ2) is 10.1. The fraction of sp³-hybridized carbons (Fsp3) is 0.333. The third kappa shape index (κ3) is 5.61. The molecule has 29 heavy (non-hydrogen) atoms. The fourth-order valence-corrected chi connectivity index (χ4v) is 4.24. The highest BCUT2D eigenvalue weighted by molar-refractivity contribution is 8.01. The van der Waals surface area contributed by atoms with E-state index in [1.165, 1.54) is 23.1 Å². The highest BCUT2D eigenvalue weighted by Gasteiger charge is 2.24. The van der Waals surface area contributed by atoms with Crippen LogP contribution in [0, 0.1) is 0 Å². The predicted molar refractivity (Wildman–Crippen MR) is 112 cm³/mol. The molecule has 2 aromatic rings. The Bertz CT molecular complexity index is 915. The SMILES string of the molecule is CCOC(=O)C1=C(CSc2nnc(Nc3ccccc3OCC)s2)NC(=O)NC1. The minimum atomic E-state index is -0.442. The Balaban J connectivity index is 1.67. The van der Waals surface area contributed by atoms with Gasteiger partial charge in [0, 0.05) is 11.4 Å². The Morgan fingerprint density at radius 2 is 2.10 bits per heavy atom. The fourth-order valence-electron chi connectivity index (χ4n) is 2.49. The lowest BCUT2D eigenvalue weighted by Crippen LogP contribution is -2.44. The van der Waals surface area contributed by atoms with E-state index in [1.54, 1.807) is 6.92 Å². The molecule has 1 aromatic heterocycles. The van der Waals surface area contributed by atoms with Crippen LogP contribution in [-0.4, -0.2) is 47.7 Å². The molecule has 2 heterocycles. The summed E-state index contributed by atoms with van der Waals surface area (Å²) in [6, 6.07) is 7.25. The molecular formula is C18H21N5O4S2. The smallest absolute Gasteiger partial charge is 0.337 e. The zero-order valence-corrected chi connectivity index (χ0v) is 17.6. The molecule has 0 unspecified atom stereocenters. The standard InChI is InChI=1S/C18H21N5O4S2/c1-3-26-14-8-6-5-7-12(14)21-17-22-23-18(29-17)28-10-13-11(15(24)27-4-2)9-19-16(25)20-13/h5-8H,3-4,9-10H2,1-2H3,(H,21,22)(H2,19,20,25). The number of hydrogen-bond donors (Lipinski definition) is 3. The Hall–Kier alpha value is -2.79. The predicted octanol–water partition coefficient (Wildman–Crippen LogP) is 2.90. The molecule has 2 amide bonds. The maximum Gasteiger partial charge on any atom is 0.337 e. The summed E-state index contributed by atoms with van der Waals surface area (Å²) in [6.45, 7) is 4.63. The van der Waals surface area contributed by atoms with Crippen molar-refractivity contribution >= 4 is 45.9 Å². The number of carbonyl (C=O) groups is 2. The maximum atomic E-state index is 12.1. The van der Waals surface area contributed by atoms with Gasteiger partial charge in [-0.05, 0) is 26.0 Å². The second-order valence-electron chi connectivity index (χ2n) is 5.70. The van der Waals surface area contributed by atoms with Crippen LogP contribution in [-0.2, 0) is 9.53 Å². The van der Waals surface area contributed by atoms with E-state index < -0.39 is 5.97 Å². The average molecular weight is 436 g/mol. The molecule has 1 aliphatic heterocycles. The normalized spacial score (nSPS) is 13.5. The van der Waals surface area contributed by atoms with Crippen LogP contribution >= 0.6 is 23.1 Å². The highest BCUT2D eigenvalue weighted by atomic mass is 32.2. The molecule has 3 N–H and O–H groups in total. The van der Waals surface area contributed by atoms with Crippen LogP contribution in [0.3, 0.4) is 0 Å². The molecule has 11 heteroatoms. The number of urea groups is 1. The number of anilines is 2. The third-order valence-corrected chi connectivity index (χ3v) is 5.75. The first-order valence-electron chi connectivity index (χ1n) is 8.99. The monoisotopic (exact) mass is 435 g/mol. The van der Waals surface area contributed by atoms with Crippen LogP contribution in [0.5, 0.6) is 5.75 Å². The van der Waals surface area contributed by atoms with Crippen LogP contribution < -0.4 is 20.7 Å². The number of aromatic nitrogens is 2. The first-order valence-corrected chi connectivity index (χ1v) is 10.8. The molecule has 1 aliphatic rings. The Morgan fingerprint density at radius 3 is 2.90 bits per heavy atom. The molecule has 0 fully saturated rings. The van der Waals surface area contributed by atoms with Crippen LogP contribution in [0.1, 0.15) is 13.8 Å². The van der Waals surface area contributed by atoms with Crippen molar-refractivity contribution < 1.29 is 19.1 Å². The third-order valence-electron chi connectivity index (χ3n) is 3.75. The number of nitrogens with one attached hydrogen (secondary N) is 3. The number of benzene rings is 1. The van der Waals surface area contributed by atoms with E-state index in [4.69, 9.17) is 9.47 Å². The van der Waals surface area contributed by atoms with Crippen molar-refractivity contribution in [3.05, 3.63) is 35.5 Å². The number of amides is 2. The molecule has 3 rings (SSSR count). The van der Waals surface area contributed by atoms with Gasteiger partial charge in [-0.25, -0.2) is 9.59 Å². The molecule has 0 radical (unpaired) electrons. The zero-order valence-electron chi connectivity index (χ0n) is 16.0. The number of carbonyl (C=O) groups excluding carboxylic acids is 2. The first-order chi connectivity index (χ1) is 14.1. The van der Waals surface area contributed by atoms with Crippen molar-refractivity contribution in [2.45, 2.75) is 18.2 Å². The largest absolute Gasteiger partial charge is 0.492 e. The average Bonchev–Trinajstić information content (AvgIpc) is 3.16. The Morgan fingerprint density at radius 1 is 1.28 bits per heavy atom. The number of esters is 1. The quantitative estimate of drug-likeness (QED) is 0.407. The van der Waals surface area contributed by atoms with E-state index in [9.17, 15) is 9.59 Å². The van der Waals surface area contributed by atoms with Crippen molar-refractivity contribution in [1.29, 1.82) is 0 Å². The van der Waals surface area contributed by atoms with Gasteiger partial charge in [-0.2, -0.15) is 0 Å². The molecule has 1 aromatic carbocycles. The van der Waals surface area contributed by atoms with Gasteiger partial charge < -0.3 is 25.4 Å². The molecule has 154 valence electrons. The molecule has 0 aliphatic carbocycles. The number of rotatable bonds is 9. The lowest BCUT2D eigenvalue weighted by Gasteiger charge is -2.20. The van der Waals surface area contributed by atoms with Crippen molar-refractivity contribution in [2.24, 2.45) is 0 Å². The summed E-state index contributed by atoms with van der Waals surface area (Å²) in [7, 11) is 0. The number of thioether (sulfide) groups is 1. The second-order valence-corrected chi connectivity index (χ2v) is 7.90. The molecule has 0 bridgehead atoms. The summed E-state index contributed by atoms with van der Waals surface area (Å²) in [5.41, 5.74) is 1.73. The van der Waals surface area contributed by atoms with Gasteiger partial charge in [-0.1, -0.05) is 35.2 Å². The van der Waals surface area contributed by atoms with E-state index in [0.29, 0.717) is 33.1 Å². The summed E-state index contributed by atoms with van der Waals surface area (Å²) < 4.78 is 11.4. The maximum absolute atomic E-state index is 12.1. The minimum absolute atomic E-state index is 0.137. The van der Waals surface area contributed by atoms with Crippen LogP contribution in [0.2, 0.25) is 0 Å². The molecule has 0 atom stereocenters. The van der Waals surface area contributed by atoms with Crippen molar-refractivity contribution in [2.75, 3.05) is 30.8 Å². The molecular weight excluding hydrogens is 414 g/mol. The van der Waals surface area contributed by atoms with Gasteiger partial charge in [-0.15, -0.1) is 10.2 Å². The van der Waals surface area contributed by atoms with Crippen LogP contribution in [0.25, 0.3) is 0 Å². The molecule has 0 saturated carbocycles. The summed E-state index contributed by atoms with van der Waals surface area (Å²) >= 11 is 2.75. The summed E-state index contributed by atoms with van der Waals surface area (Å²) in [6.07, 6.45) is 0. The van der Waals surface area contributed by atoms with Gasteiger partial charge in [0.1, 0.15) is 5.75 Å². The zero-order chi connectivity index (χ0) is 20.6. The lowest BCUT2D eigenvalue weighted by atomic mass is 10.2. The number of nitrogens with zero attached hydrogens (tertiary/aromatic N) is 2. The number of para-hydroxylation sites is 2. The highest BCUT2D eigenvalue weighted by Crippen LogP contribution is 2.32. The van der Waals surface area contributed by atoms with Crippen molar-refractivity contribution in [3.63, 3.8) is 0 Å². The lowest BCUT2D eigenvalue weighted by molar-refractivity contribution is -0.138. The minimum Gasteiger partial charge on any atom is -0.492 e. The number of ether oxygens (including phenoxy) is 2. The van der Waals surface area contributed by atoms with E-state index in [-0.39, 0.29) is 19.2 Å². The van der Waals surface area contributed by atoms with E-state index in [0.717, 1.165) is 11.4 Å². The Labute approximate surface area is 176 Å². The summed E-state index contributed by atoms with van der Waals surface area (Å²) in [5.74, 6) is 0.662. The molecule has 9 nitrogen and oxygen atoms in total. The van der Waals surface area contributed by atoms with Crippen LogP contribution in [0.4, 0.5) is 15.6 Å². The van der Waals surface area contributed by atoms with Gasteiger partial charge in [0.25, 0.3) is 0 Å². The van der Waals surface area contributed by atoms with E-state index in [2.05, 4.69) is 26.1 Å². The number of hydrogen-bond acceptors (Lipinski definition) is 9. The van der Waals surface area contributed by atoms with Gasteiger partial charge in [0.15, 0.2) is 4.34 Å².